The molecular weight excluding hydrogens is 409 g/mol. The van der Waals surface area contributed by atoms with Gasteiger partial charge in [-0.05, 0) is 61.2 Å². The number of nitrogens with one attached hydrogen (secondary N) is 1. The molecule has 0 atom stereocenters. The van der Waals surface area contributed by atoms with Crippen LogP contribution >= 0.6 is 11.6 Å². The Bertz CT molecular complexity index is 1090. The van der Waals surface area contributed by atoms with E-state index >= 15 is 0 Å². The van der Waals surface area contributed by atoms with E-state index in [0.29, 0.717) is 21.8 Å². The molecule has 2 aliphatic rings. The first-order valence-electron chi connectivity index (χ1n) is 9.58. The second-order valence-corrected chi connectivity index (χ2v) is 7.65. The molecule has 6 nitrogen and oxygen atoms in total. The van der Waals surface area contributed by atoms with Crippen molar-refractivity contribution in [2.45, 2.75) is 19.8 Å². The minimum absolute atomic E-state index is 0.262. The number of imide groups is 2. The van der Waals surface area contributed by atoms with E-state index < -0.39 is 23.7 Å². The Labute approximate surface area is 177 Å². The van der Waals surface area contributed by atoms with Gasteiger partial charge < -0.3 is 4.90 Å². The van der Waals surface area contributed by atoms with Crippen LogP contribution in [0.3, 0.4) is 0 Å². The lowest BCUT2D eigenvalue weighted by Crippen LogP contribution is -2.54. The summed E-state index contributed by atoms with van der Waals surface area (Å²) in [6.07, 6.45) is 3.33. The van der Waals surface area contributed by atoms with Crippen LogP contribution in [0, 0.1) is 12.7 Å². The van der Waals surface area contributed by atoms with Gasteiger partial charge in [-0.3, -0.25) is 14.9 Å². The average molecular weight is 428 g/mol. The van der Waals surface area contributed by atoms with Gasteiger partial charge in [-0.2, -0.15) is 0 Å². The molecule has 0 saturated carbocycles. The number of barbiturate groups is 1. The molecule has 0 unspecified atom stereocenters. The summed E-state index contributed by atoms with van der Waals surface area (Å²) in [6, 6.07) is 8.53. The predicted molar refractivity (Wildman–Crippen MR) is 113 cm³/mol. The minimum atomic E-state index is -0.858. The molecule has 30 heavy (non-hydrogen) atoms. The molecule has 2 aromatic carbocycles. The number of halogens is 2. The number of urea groups is 1. The van der Waals surface area contributed by atoms with Crippen molar-refractivity contribution in [3.05, 3.63) is 63.9 Å². The molecular formula is C22H19ClFN3O3. The first-order chi connectivity index (χ1) is 14.4. The van der Waals surface area contributed by atoms with E-state index in [1.165, 1.54) is 12.1 Å². The quantitative estimate of drug-likeness (QED) is 0.592. The van der Waals surface area contributed by atoms with E-state index in [2.05, 4.69) is 5.32 Å². The first-order valence-corrected chi connectivity index (χ1v) is 9.95. The van der Waals surface area contributed by atoms with Crippen molar-refractivity contribution in [2.24, 2.45) is 0 Å². The number of carbonyl (C=O) groups is 3. The largest absolute Gasteiger partial charge is 0.369 e. The normalized spacial score (nSPS) is 18.4. The molecule has 0 bridgehead atoms. The topological polar surface area (TPSA) is 69.7 Å². The van der Waals surface area contributed by atoms with Crippen molar-refractivity contribution >= 4 is 46.9 Å². The molecule has 2 aromatic rings. The van der Waals surface area contributed by atoms with Crippen molar-refractivity contribution in [2.75, 3.05) is 22.9 Å². The molecule has 4 amide bonds. The van der Waals surface area contributed by atoms with E-state index in [1.807, 2.05) is 4.90 Å². The van der Waals surface area contributed by atoms with Crippen LogP contribution in [-0.2, 0) is 9.59 Å². The highest BCUT2D eigenvalue weighted by atomic mass is 35.5. The van der Waals surface area contributed by atoms with Crippen molar-refractivity contribution in [3.63, 3.8) is 0 Å². The number of rotatable bonds is 3. The van der Waals surface area contributed by atoms with Crippen LogP contribution in [0.4, 0.5) is 20.6 Å². The Hall–Kier alpha value is -3.19. The second-order valence-electron chi connectivity index (χ2n) is 7.25. The smallest absolute Gasteiger partial charge is 0.335 e. The highest BCUT2D eigenvalue weighted by Crippen LogP contribution is 2.30. The molecule has 2 heterocycles. The molecule has 1 N–H and O–H groups in total. The molecule has 154 valence electrons. The van der Waals surface area contributed by atoms with Gasteiger partial charge in [0, 0.05) is 18.1 Å². The van der Waals surface area contributed by atoms with E-state index in [1.54, 1.807) is 37.3 Å². The van der Waals surface area contributed by atoms with Gasteiger partial charge >= 0.3 is 6.03 Å². The molecule has 8 heteroatoms. The van der Waals surface area contributed by atoms with Gasteiger partial charge in [-0.25, -0.2) is 14.1 Å². The Morgan fingerprint density at radius 1 is 1.07 bits per heavy atom. The SMILES string of the molecule is Cc1c(Cl)cccc1N1C(=O)NC(=O)/C(=C\c2ccc(N3CCCC3)c(F)c2)C1=O. The van der Waals surface area contributed by atoms with E-state index in [-0.39, 0.29) is 11.3 Å². The zero-order valence-corrected chi connectivity index (χ0v) is 17.0. The van der Waals surface area contributed by atoms with Crippen LogP contribution in [0.2, 0.25) is 5.02 Å². The van der Waals surface area contributed by atoms with Crippen molar-refractivity contribution in [3.8, 4) is 0 Å². The van der Waals surface area contributed by atoms with E-state index in [4.69, 9.17) is 11.6 Å². The maximum Gasteiger partial charge on any atom is 0.335 e. The predicted octanol–water partition coefficient (Wildman–Crippen LogP) is 4.05. The summed E-state index contributed by atoms with van der Waals surface area (Å²) in [7, 11) is 0. The number of hydrogen-bond donors (Lipinski definition) is 1. The van der Waals surface area contributed by atoms with Gasteiger partial charge in [0.05, 0.1) is 11.4 Å². The summed E-state index contributed by atoms with van der Waals surface area (Å²) in [6.45, 7) is 3.27. The monoisotopic (exact) mass is 427 g/mol. The summed E-state index contributed by atoms with van der Waals surface area (Å²) in [5, 5.41) is 2.54. The Morgan fingerprint density at radius 2 is 1.80 bits per heavy atom. The summed E-state index contributed by atoms with van der Waals surface area (Å²) in [5.41, 5.74) is 1.39. The van der Waals surface area contributed by atoms with Crippen LogP contribution in [0.1, 0.15) is 24.0 Å². The molecule has 2 fully saturated rings. The van der Waals surface area contributed by atoms with Crippen LogP contribution in [-0.4, -0.2) is 30.9 Å². The third-order valence-electron chi connectivity index (χ3n) is 5.31. The van der Waals surface area contributed by atoms with Gasteiger partial charge in [0.2, 0.25) is 0 Å². The second kappa shape index (κ2) is 7.91. The highest BCUT2D eigenvalue weighted by Gasteiger charge is 2.37. The fraction of sp³-hybridized carbons (Fsp3) is 0.227. The maximum atomic E-state index is 14.6. The average Bonchev–Trinajstić information content (AvgIpc) is 3.23. The summed E-state index contributed by atoms with van der Waals surface area (Å²) >= 11 is 6.11. The van der Waals surface area contributed by atoms with E-state index in [0.717, 1.165) is 30.8 Å². The number of nitrogens with zero attached hydrogens (tertiary/aromatic N) is 2. The third-order valence-corrected chi connectivity index (χ3v) is 5.72. The van der Waals surface area contributed by atoms with E-state index in [9.17, 15) is 18.8 Å². The Morgan fingerprint density at radius 3 is 2.50 bits per heavy atom. The van der Waals surface area contributed by atoms with Crippen molar-refractivity contribution < 1.29 is 18.8 Å². The molecule has 0 spiro atoms. The fourth-order valence-corrected chi connectivity index (χ4v) is 3.88. The standard InChI is InChI=1S/C22H19ClFN3O3/c1-13-16(23)5-4-6-18(13)27-21(29)15(20(28)25-22(27)30)11-14-7-8-19(17(24)12-14)26-9-2-3-10-26/h4-8,11-12H,2-3,9-10H2,1H3,(H,25,28,30)/b15-11+. The lowest BCUT2D eigenvalue weighted by Gasteiger charge is -2.27. The Kier molecular flexibility index (Phi) is 5.30. The molecule has 2 saturated heterocycles. The number of amides is 4. The third kappa shape index (κ3) is 3.57. The number of anilines is 2. The van der Waals surface area contributed by atoms with Crippen LogP contribution < -0.4 is 15.1 Å². The fourth-order valence-electron chi connectivity index (χ4n) is 3.71. The summed E-state index contributed by atoms with van der Waals surface area (Å²) in [5.74, 6) is -2.04. The van der Waals surface area contributed by atoms with Gasteiger partial charge in [0.15, 0.2) is 0 Å². The summed E-state index contributed by atoms with van der Waals surface area (Å²) in [4.78, 5) is 40.5. The van der Waals surface area contributed by atoms with Crippen LogP contribution in [0.15, 0.2) is 42.0 Å². The van der Waals surface area contributed by atoms with Gasteiger partial charge in [-0.15, -0.1) is 0 Å². The summed E-state index contributed by atoms with van der Waals surface area (Å²) < 4.78 is 14.6. The van der Waals surface area contributed by atoms with Gasteiger partial charge in [0.1, 0.15) is 11.4 Å². The molecule has 2 aliphatic heterocycles. The number of benzene rings is 2. The molecule has 4 rings (SSSR count). The minimum Gasteiger partial charge on any atom is -0.369 e. The lowest BCUT2D eigenvalue weighted by molar-refractivity contribution is -0.122. The first kappa shape index (κ1) is 20.1. The molecule has 0 radical (unpaired) electrons. The lowest BCUT2D eigenvalue weighted by atomic mass is 10.0. The van der Waals surface area contributed by atoms with Gasteiger partial charge in [0.25, 0.3) is 11.8 Å². The number of hydrogen-bond acceptors (Lipinski definition) is 4. The zero-order chi connectivity index (χ0) is 21.4. The van der Waals surface area contributed by atoms with Crippen molar-refractivity contribution in [1.82, 2.24) is 5.32 Å². The van der Waals surface area contributed by atoms with Crippen LogP contribution in [0.25, 0.3) is 6.08 Å². The maximum absolute atomic E-state index is 14.6. The zero-order valence-electron chi connectivity index (χ0n) is 16.2. The van der Waals surface area contributed by atoms with Crippen molar-refractivity contribution in [1.29, 1.82) is 0 Å². The van der Waals surface area contributed by atoms with Crippen LogP contribution in [0.5, 0.6) is 0 Å². The Balaban J connectivity index is 1.69. The highest BCUT2D eigenvalue weighted by molar-refractivity contribution is 6.39. The van der Waals surface area contributed by atoms with Gasteiger partial charge in [-0.1, -0.05) is 23.7 Å². The molecule has 0 aliphatic carbocycles. The number of carbonyl (C=O) groups excluding carboxylic acids is 3. The molecule has 0 aromatic heterocycles.